The second kappa shape index (κ2) is 9.11. The standard InChI is InChI=1S/C30H49N3O2/c1-18-11-22-15-29-30(35,23-16-26(22)27(12-18)32(4)17-23)8-7-24(31-29)14-21-10-19(2)13-28-25(21)6-5-9-33(28)20(3)34/h18-19,21-28,35H,5-17H2,1-4H3/t18-,19+,21-,22+,23-,24-,25+,26-,27+,28-,30+/m1/s1. The summed E-state index contributed by atoms with van der Waals surface area (Å²) in [6.07, 6.45) is 12.9. The molecular weight excluding hydrogens is 434 g/mol. The van der Waals surface area contributed by atoms with E-state index in [1.54, 1.807) is 6.92 Å². The van der Waals surface area contributed by atoms with E-state index in [2.05, 4.69) is 30.7 Å². The molecule has 0 aromatic heterocycles. The van der Waals surface area contributed by atoms with E-state index >= 15 is 0 Å². The van der Waals surface area contributed by atoms with E-state index in [4.69, 9.17) is 4.99 Å². The number of carbonyl (C=O) groups excluding carboxylic acids is 1. The van der Waals surface area contributed by atoms with Crippen LogP contribution in [-0.4, -0.2) is 70.4 Å². The van der Waals surface area contributed by atoms with Crippen LogP contribution < -0.4 is 0 Å². The van der Waals surface area contributed by atoms with Gasteiger partial charge in [0.1, 0.15) is 5.60 Å². The predicted molar refractivity (Wildman–Crippen MR) is 140 cm³/mol. The van der Waals surface area contributed by atoms with Crippen LogP contribution in [0.15, 0.2) is 4.99 Å². The Morgan fingerprint density at radius 2 is 1.83 bits per heavy atom. The van der Waals surface area contributed by atoms with Crippen LogP contribution >= 0.6 is 0 Å². The third-order valence-corrected chi connectivity index (χ3v) is 11.7. The molecule has 0 unspecified atom stereocenters. The summed E-state index contributed by atoms with van der Waals surface area (Å²) in [7, 11) is 2.31. The second-order valence-corrected chi connectivity index (χ2v) is 14.0. The summed E-state index contributed by atoms with van der Waals surface area (Å²) in [5, 5.41) is 12.1. The Kier molecular flexibility index (Phi) is 6.35. The fourth-order valence-corrected chi connectivity index (χ4v) is 10.2. The van der Waals surface area contributed by atoms with Crippen LogP contribution in [0.4, 0.5) is 0 Å². The molecule has 11 atom stereocenters. The van der Waals surface area contributed by atoms with E-state index in [0.29, 0.717) is 47.7 Å². The lowest BCUT2D eigenvalue weighted by atomic mass is 9.65. The third kappa shape index (κ3) is 4.21. The first kappa shape index (κ1) is 24.4. The minimum absolute atomic E-state index is 0.269. The molecule has 3 heterocycles. The van der Waals surface area contributed by atoms with Crippen molar-refractivity contribution in [2.24, 2.45) is 46.4 Å². The number of carbonyl (C=O) groups is 1. The van der Waals surface area contributed by atoms with Crippen molar-refractivity contribution in [1.82, 2.24) is 9.80 Å². The number of piperidine rings is 2. The molecule has 0 spiro atoms. The number of fused-ring (bicyclic) bond motifs is 4. The SMILES string of the molecule is CC(=O)N1CCC[C@H]2[C@@H](C[C@H]3CC[C@@]4(O)C(=N3)C[C@@H]3C[C@@H](C)C[C@H]5[C@@H]3C[C@@H]4CN5C)C[C@H](C)C[C@H]21. The summed E-state index contributed by atoms with van der Waals surface area (Å²) < 4.78 is 0. The van der Waals surface area contributed by atoms with E-state index in [9.17, 15) is 9.90 Å². The zero-order chi connectivity index (χ0) is 24.5. The lowest BCUT2D eigenvalue weighted by molar-refractivity contribution is -0.137. The first-order chi connectivity index (χ1) is 16.7. The first-order valence-corrected chi connectivity index (χ1v) is 15.0. The van der Waals surface area contributed by atoms with Crippen molar-refractivity contribution in [2.75, 3.05) is 20.1 Å². The van der Waals surface area contributed by atoms with Gasteiger partial charge in [-0.05, 0) is 113 Å². The van der Waals surface area contributed by atoms with E-state index in [0.717, 1.165) is 57.0 Å². The van der Waals surface area contributed by atoms with Crippen LogP contribution in [-0.2, 0) is 4.79 Å². The van der Waals surface area contributed by atoms with Crippen molar-refractivity contribution in [3.63, 3.8) is 0 Å². The predicted octanol–water partition coefficient (Wildman–Crippen LogP) is 4.77. The molecule has 3 aliphatic carbocycles. The normalized spacial score (nSPS) is 50.0. The topological polar surface area (TPSA) is 56.1 Å². The molecule has 3 aliphatic heterocycles. The Morgan fingerprint density at radius 3 is 2.63 bits per heavy atom. The maximum Gasteiger partial charge on any atom is 0.219 e. The minimum atomic E-state index is -0.672. The Balaban J connectivity index is 1.24. The maximum atomic E-state index is 12.4. The van der Waals surface area contributed by atoms with Crippen LogP contribution in [0.25, 0.3) is 0 Å². The molecule has 5 heteroatoms. The molecule has 2 saturated heterocycles. The number of rotatable bonds is 2. The van der Waals surface area contributed by atoms with Crippen molar-refractivity contribution < 1.29 is 9.90 Å². The van der Waals surface area contributed by atoms with Crippen LogP contribution in [0.1, 0.15) is 91.4 Å². The Labute approximate surface area is 213 Å². The number of amides is 1. The van der Waals surface area contributed by atoms with Gasteiger partial charge in [0.15, 0.2) is 0 Å². The van der Waals surface area contributed by atoms with Gasteiger partial charge < -0.3 is 14.9 Å². The molecule has 5 nitrogen and oxygen atoms in total. The monoisotopic (exact) mass is 483 g/mol. The number of hydrogen-bond donors (Lipinski definition) is 1. The highest BCUT2D eigenvalue weighted by atomic mass is 16.3. The van der Waals surface area contributed by atoms with Gasteiger partial charge in [-0.1, -0.05) is 13.8 Å². The molecule has 196 valence electrons. The van der Waals surface area contributed by atoms with Crippen molar-refractivity contribution in [3.8, 4) is 0 Å². The number of nitrogens with zero attached hydrogens (tertiary/aromatic N) is 3. The van der Waals surface area contributed by atoms with Crippen LogP contribution in [0.5, 0.6) is 0 Å². The van der Waals surface area contributed by atoms with E-state index in [1.807, 2.05) is 0 Å². The summed E-state index contributed by atoms with van der Waals surface area (Å²) in [4.78, 5) is 22.6. The largest absolute Gasteiger partial charge is 0.384 e. The molecule has 0 radical (unpaired) electrons. The molecule has 5 fully saturated rings. The Hall–Kier alpha value is -0.940. The molecule has 3 saturated carbocycles. The Bertz CT molecular complexity index is 859. The summed E-state index contributed by atoms with van der Waals surface area (Å²) >= 11 is 0. The summed E-state index contributed by atoms with van der Waals surface area (Å²) in [6.45, 7) is 8.58. The van der Waals surface area contributed by atoms with E-state index in [1.165, 1.54) is 44.2 Å². The Morgan fingerprint density at radius 1 is 1.06 bits per heavy atom. The second-order valence-electron chi connectivity index (χ2n) is 14.0. The van der Waals surface area contributed by atoms with E-state index < -0.39 is 5.60 Å². The molecule has 6 rings (SSSR count). The smallest absolute Gasteiger partial charge is 0.219 e. The third-order valence-electron chi connectivity index (χ3n) is 11.7. The average molecular weight is 484 g/mol. The molecule has 0 aromatic carbocycles. The molecule has 6 aliphatic rings. The minimum Gasteiger partial charge on any atom is -0.384 e. The quantitative estimate of drug-likeness (QED) is 0.615. The van der Waals surface area contributed by atoms with Crippen LogP contribution in [0, 0.1) is 41.4 Å². The maximum absolute atomic E-state index is 12.4. The molecule has 1 amide bonds. The fourth-order valence-electron chi connectivity index (χ4n) is 10.2. The van der Waals surface area contributed by atoms with Gasteiger partial charge in [-0.25, -0.2) is 0 Å². The number of aliphatic imine (C=N–C) groups is 1. The van der Waals surface area contributed by atoms with Gasteiger partial charge in [-0.15, -0.1) is 0 Å². The van der Waals surface area contributed by atoms with Crippen molar-refractivity contribution >= 4 is 11.6 Å². The van der Waals surface area contributed by atoms with Gasteiger partial charge in [0.05, 0.1) is 6.04 Å². The first-order valence-electron chi connectivity index (χ1n) is 15.0. The van der Waals surface area contributed by atoms with Crippen LogP contribution in [0.2, 0.25) is 0 Å². The van der Waals surface area contributed by atoms with Gasteiger partial charge in [0.2, 0.25) is 5.91 Å². The van der Waals surface area contributed by atoms with Crippen molar-refractivity contribution in [2.45, 2.75) is 115 Å². The van der Waals surface area contributed by atoms with Crippen LogP contribution in [0.3, 0.4) is 0 Å². The summed E-state index contributed by atoms with van der Waals surface area (Å²) in [5.74, 6) is 4.84. The van der Waals surface area contributed by atoms with E-state index in [-0.39, 0.29) is 5.91 Å². The molecule has 35 heavy (non-hydrogen) atoms. The average Bonchev–Trinajstić information content (AvgIpc) is 2.91. The lowest BCUT2D eigenvalue weighted by Gasteiger charge is -2.51. The van der Waals surface area contributed by atoms with Gasteiger partial charge >= 0.3 is 0 Å². The highest BCUT2D eigenvalue weighted by Gasteiger charge is 2.55. The zero-order valence-electron chi connectivity index (χ0n) is 22.7. The summed E-state index contributed by atoms with van der Waals surface area (Å²) in [5.41, 5.74) is 0.512. The number of likely N-dealkylation sites (tertiary alicyclic amines) is 2. The van der Waals surface area contributed by atoms with Gasteiger partial charge in [0, 0.05) is 43.7 Å². The molecule has 2 bridgehead atoms. The highest BCUT2D eigenvalue weighted by Crippen LogP contribution is 2.52. The van der Waals surface area contributed by atoms with Crippen molar-refractivity contribution in [1.29, 1.82) is 0 Å². The molecule has 1 N–H and O–H groups in total. The fraction of sp³-hybridized carbons (Fsp3) is 0.933. The van der Waals surface area contributed by atoms with Gasteiger partial charge in [0.25, 0.3) is 0 Å². The number of hydrogen-bond acceptors (Lipinski definition) is 4. The summed E-state index contributed by atoms with van der Waals surface area (Å²) in [6, 6.07) is 1.51. The van der Waals surface area contributed by atoms with Gasteiger partial charge in [-0.3, -0.25) is 9.79 Å². The highest BCUT2D eigenvalue weighted by molar-refractivity contribution is 5.94. The number of aliphatic hydroxyl groups is 1. The molecular formula is C30H49N3O2. The molecule has 0 aromatic rings. The lowest BCUT2D eigenvalue weighted by Crippen LogP contribution is -2.57. The van der Waals surface area contributed by atoms with Gasteiger partial charge in [-0.2, -0.15) is 0 Å². The zero-order valence-corrected chi connectivity index (χ0v) is 22.7. The van der Waals surface area contributed by atoms with Crippen molar-refractivity contribution in [3.05, 3.63) is 0 Å².